The highest BCUT2D eigenvalue weighted by atomic mass is 16.5. The Kier molecular flexibility index (Phi) is 5.13. The first-order chi connectivity index (χ1) is 12.7. The topological polar surface area (TPSA) is 87.7 Å². The fourth-order valence-electron chi connectivity index (χ4n) is 3.51. The maximum Gasteiger partial charge on any atom is 0.255 e. The van der Waals surface area contributed by atoms with Gasteiger partial charge in [-0.15, -0.1) is 0 Å². The number of ether oxygens (including phenoxy) is 1. The summed E-state index contributed by atoms with van der Waals surface area (Å²) in [6.07, 6.45) is 1.33. The normalized spacial score (nSPS) is 23.0. The molecular formula is C20H27N3O4. The van der Waals surface area contributed by atoms with Crippen molar-refractivity contribution in [2.24, 2.45) is 0 Å². The van der Waals surface area contributed by atoms with E-state index in [0.717, 1.165) is 0 Å². The molecule has 1 atom stereocenters. The second-order valence-corrected chi connectivity index (χ2v) is 8.33. The summed E-state index contributed by atoms with van der Waals surface area (Å²) in [7, 11) is 0. The van der Waals surface area contributed by atoms with Gasteiger partial charge in [0.1, 0.15) is 11.4 Å². The minimum absolute atomic E-state index is 0.0368. The van der Waals surface area contributed by atoms with Gasteiger partial charge in [-0.2, -0.15) is 0 Å². The number of benzene rings is 1. The molecule has 0 saturated carbocycles. The Hall–Kier alpha value is -2.57. The molecule has 0 radical (unpaired) electrons. The molecular weight excluding hydrogens is 346 g/mol. The zero-order valence-corrected chi connectivity index (χ0v) is 16.1. The summed E-state index contributed by atoms with van der Waals surface area (Å²) in [4.78, 5) is 38.6. The minimum atomic E-state index is -0.646. The average Bonchev–Trinajstić information content (AvgIpc) is 2.82. The fraction of sp³-hybridized carbons (Fsp3) is 0.550. The van der Waals surface area contributed by atoms with E-state index in [0.29, 0.717) is 37.2 Å². The molecule has 7 nitrogen and oxygen atoms in total. The van der Waals surface area contributed by atoms with Gasteiger partial charge in [-0.05, 0) is 39.3 Å². The number of likely N-dealkylation sites (tertiary alicyclic amines) is 1. The van der Waals surface area contributed by atoms with Gasteiger partial charge in [-0.3, -0.25) is 14.4 Å². The molecule has 0 bridgehead atoms. The molecule has 0 unspecified atom stereocenters. The van der Waals surface area contributed by atoms with Crippen LogP contribution in [0.25, 0.3) is 0 Å². The Morgan fingerprint density at radius 1 is 1.26 bits per heavy atom. The second kappa shape index (κ2) is 7.21. The number of amides is 3. The van der Waals surface area contributed by atoms with Gasteiger partial charge in [-0.25, -0.2) is 0 Å². The molecule has 1 aromatic rings. The van der Waals surface area contributed by atoms with Crippen LogP contribution in [0, 0.1) is 0 Å². The van der Waals surface area contributed by atoms with Crippen molar-refractivity contribution >= 4 is 17.7 Å². The summed E-state index contributed by atoms with van der Waals surface area (Å²) in [5, 5.41) is 5.80. The molecule has 1 saturated heterocycles. The van der Waals surface area contributed by atoms with Crippen LogP contribution < -0.4 is 15.4 Å². The third kappa shape index (κ3) is 4.59. The zero-order chi connectivity index (χ0) is 19.7. The highest BCUT2D eigenvalue weighted by Crippen LogP contribution is 2.33. The smallest absolute Gasteiger partial charge is 0.255 e. The van der Waals surface area contributed by atoms with E-state index in [1.54, 1.807) is 23.1 Å². The van der Waals surface area contributed by atoms with Gasteiger partial charge in [0.05, 0.1) is 18.7 Å². The van der Waals surface area contributed by atoms with E-state index in [-0.39, 0.29) is 36.2 Å². The summed E-state index contributed by atoms with van der Waals surface area (Å²) in [6.45, 7) is 6.51. The lowest BCUT2D eigenvalue weighted by Gasteiger charge is -2.32. The summed E-state index contributed by atoms with van der Waals surface area (Å²) >= 11 is 0. The van der Waals surface area contributed by atoms with Gasteiger partial charge in [0, 0.05) is 24.9 Å². The number of hydrogen-bond donors (Lipinski definition) is 2. The first-order valence-corrected chi connectivity index (χ1v) is 9.33. The van der Waals surface area contributed by atoms with Gasteiger partial charge in [-0.1, -0.05) is 12.1 Å². The lowest BCUT2D eigenvalue weighted by molar-refractivity contribution is -0.136. The molecule has 0 aliphatic carbocycles. The van der Waals surface area contributed by atoms with Crippen molar-refractivity contribution in [1.82, 2.24) is 15.5 Å². The Bertz CT molecular complexity index is 756. The third-order valence-corrected chi connectivity index (χ3v) is 4.86. The highest BCUT2D eigenvalue weighted by Gasteiger charge is 2.40. The van der Waals surface area contributed by atoms with Gasteiger partial charge in [0.25, 0.3) is 5.91 Å². The zero-order valence-electron chi connectivity index (χ0n) is 16.1. The number of carbonyl (C=O) groups excluding carboxylic acids is 3. The van der Waals surface area contributed by atoms with Crippen molar-refractivity contribution in [3.63, 3.8) is 0 Å². The number of hydrogen-bond acceptors (Lipinski definition) is 4. The summed E-state index contributed by atoms with van der Waals surface area (Å²) in [5.41, 5.74) is -0.481. The first-order valence-electron chi connectivity index (χ1n) is 9.33. The van der Waals surface area contributed by atoms with Crippen LogP contribution >= 0.6 is 0 Å². The van der Waals surface area contributed by atoms with Gasteiger partial charge >= 0.3 is 0 Å². The monoisotopic (exact) mass is 373 g/mol. The van der Waals surface area contributed by atoms with Crippen LogP contribution in [0.1, 0.15) is 50.4 Å². The van der Waals surface area contributed by atoms with Crippen molar-refractivity contribution in [2.45, 2.75) is 51.2 Å². The highest BCUT2D eigenvalue weighted by molar-refractivity contribution is 5.97. The first kappa shape index (κ1) is 19.2. The Balaban J connectivity index is 1.73. The molecule has 7 heteroatoms. The maximum atomic E-state index is 12.5. The van der Waals surface area contributed by atoms with E-state index in [2.05, 4.69) is 10.6 Å². The Morgan fingerprint density at radius 2 is 2.00 bits per heavy atom. The second-order valence-electron chi connectivity index (χ2n) is 8.33. The molecule has 0 aromatic heterocycles. The quantitative estimate of drug-likeness (QED) is 0.822. The lowest BCUT2D eigenvalue weighted by Crippen LogP contribution is -2.48. The molecule has 3 rings (SSSR count). The van der Waals surface area contributed by atoms with Crippen molar-refractivity contribution in [3.05, 3.63) is 29.8 Å². The van der Waals surface area contributed by atoms with Crippen LogP contribution in [0.2, 0.25) is 0 Å². The molecule has 27 heavy (non-hydrogen) atoms. The molecule has 2 aliphatic rings. The number of nitrogens with zero attached hydrogens (tertiary/aromatic N) is 1. The molecule has 2 N–H and O–H groups in total. The van der Waals surface area contributed by atoms with Crippen LogP contribution in [0.15, 0.2) is 24.3 Å². The molecule has 146 valence electrons. The third-order valence-electron chi connectivity index (χ3n) is 4.86. The number of para-hydroxylation sites is 1. The van der Waals surface area contributed by atoms with Crippen LogP contribution in [-0.4, -0.2) is 53.4 Å². The van der Waals surface area contributed by atoms with Gasteiger partial charge in [0.15, 0.2) is 0 Å². The number of carbonyl (C=O) groups is 3. The van der Waals surface area contributed by atoms with Crippen LogP contribution in [0.3, 0.4) is 0 Å². The van der Waals surface area contributed by atoms with Gasteiger partial charge < -0.3 is 20.3 Å². The van der Waals surface area contributed by atoms with E-state index < -0.39 is 5.60 Å². The van der Waals surface area contributed by atoms with E-state index in [4.69, 9.17) is 4.74 Å². The number of nitrogens with one attached hydrogen (secondary N) is 2. The van der Waals surface area contributed by atoms with E-state index in [9.17, 15) is 14.4 Å². The van der Waals surface area contributed by atoms with E-state index in [1.807, 2.05) is 26.8 Å². The molecule has 2 aliphatic heterocycles. The molecule has 1 fully saturated rings. The van der Waals surface area contributed by atoms with E-state index >= 15 is 0 Å². The summed E-state index contributed by atoms with van der Waals surface area (Å²) in [5.74, 6) is 0.133. The predicted molar refractivity (Wildman–Crippen MR) is 100 cm³/mol. The number of fused-ring (bicyclic) bond motifs is 1. The molecule has 1 spiro atoms. The van der Waals surface area contributed by atoms with Crippen LogP contribution in [-0.2, 0) is 9.59 Å². The Labute approximate surface area is 159 Å². The standard InChI is InChI=1S/C20H27N3O4/c1-19(2,3)22-16(24)12-23-11-10-20(9-8-17(23)25)13-21-18(26)14-6-4-5-7-15(14)27-20/h4-7H,8-13H2,1-3H3,(H,21,26)(H,22,24)/t20-/m1/s1. The van der Waals surface area contributed by atoms with Crippen LogP contribution in [0.4, 0.5) is 0 Å². The summed E-state index contributed by atoms with van der Waals surface area (Å²) in [6, 6.07) is 7.14. The average molecular weight is 373 g/mol. The van der Waals surface area contributed by atoms with E-state index in [1.165, 1.54) is 0 Å². The number of rotatable bonds is 2. The molecule has 3 amide bonds. The SMILES string of the molecule is CC(C)(C)NC(=O)CN1CC[C@]2(CCC1=O)CNC(=O)c1ccccc1O2. The van der Waals surface area contributed by atoms with Crippen molar-refractivity contribution in [2.75, 3.05) is 19.6 Å². The lowest BCUT2D eigenvalue weighted by atomic mass is 9.94. The maximum absolute atomic E-state index is 12.5. The Morgan fingerprint density at radius 3 is 2.74 bits per heavy atom. The predicted octanol–water partition coefficient (Wildman–Crippen LogP) is 1.47. The molecule has 1 aromatic carbocycles. The fourth-order valence-corrected chi connectivity index (χ4v) is 3.51. The van der Waals surface area contributed by atoms with Crippen LogP contribution in [0.5, 0.6) is 5.75 Å². The van der Waals surface area contributed by atoms with Crippen molar-refractivity contribution in [3.8, 4) is 5.75 Å². The van der Waals surface area contributed by atoms with Crippen molar-refractivity contribution in [1.29, 1.82) is 0 Å². The summed E-state index contributed by atoms with van der Waals surface area (Å²) < 4.78 is 6.26. The molecule has 2 heterocycles. The van der Waals surface area contributed by atoms with Crippen molar-refractivity contribution < 1.29 is 19.1 Å². The van der Waals surface area contributed by atoms with Gasteiger partial charge in [0.2, 0.25) is 11.8 Å². The minimum Gasteiger partial charge on any atom is -0.485 e. The largest absolute Gasteiger partial charge is 0.485 e.